The number of thiazole rings is 1. The van der Waals surface area contributed by atoms with Crippen molar-refractivity contribution in [1.29, 1.82) is 0 Å². The number of nitrogens with zero attached hydrogens (tertiary/aromatic N) is 1. The number of carbonyl (C=O) groups excluding carboxylic acids is 2. The average molecular weight is 360 g/mol. The highest BCUT2D eigenvalue weighted by molar-refractivity contribution is 7.09. The number of carbonyl (C=O) groups is 2. The molecule has 1 saturated heterocycles. The van der Waals surface area contributed by atoms with Crippen molar-refractivity contribution in [3.63, 3.8) is 0 Å². The molecule has 1 aromatic carbocycles. The first-order valence-corrected chi connectivity index (χ1v) is 8.97. The van der Waals surface area contributed by atoms with E-state index in [9.17, 15) is 9.59 Å². The Balaban J connectivity index is 1.59. The molecule has 0 atom stereocenters. The van der Waals surface area contributed by atoms with Gasteiger partial charge in [0.1, 0.15) is 11.4 Å². The molecule has 1 fully saturated rings. The summed E-state index contributed by atoms with van der Waals surface area (Å²) in [5, 5.41) is 6.01. The lowest BCUT2D eigenvalue weighted by Gasteiger charge is -2.20. The molecule has 0 aliphatic carbocycles. The summed E-state index contributed by atoms with van der Waals surface area (Å²) < 4.78 is 5.14. The van der Waals surface area contributed by atoms with E-state index in [0.29, 0.717) is 22.9 Å². The maximum Gasteiger partial charge on any atom is 0.289 e. The zero-order chi connectivity index (χ0) is 17.6. The van der Waals surface area contributed by atoms with Gasteiger partial charge >= 0.3 is 0 Å². The molecular formula is C17H20N4O3S. The van der Waals surface area contributed by atoms with Gasteiger partial charge in [-0.05, 0) is 38.1 Å². The third-order valence-corrected chi connectivity index (χ3v) is 5.09. The van der Waals surface area contributed by atoms with Gasteiger partial charge in [0.2, 0.25) is 0 Å². The molecule has 25 heavy (non-hydrogen) atoms. The van der Waals surface area contributed by atoms with Crippen LogP contribution in [-0.4, -0.2) is 37.0 Å². The van der Waals surface area contributed by atoms with Crippen LogP contribution in [0.25, 0.3) is 0 Å². The van der Waals surface area contributed by atoms with Gasteiger partial charge in [-0.1, -0.05) is 12.1 Å². The predicted molar refractivity (Wildman–Crippen MR) is 94.9 cm³/mol. The molecule has 3 rings (SSSR count). The van der Waals surface area contributed by atoms with Gasteiger partial charge in [-0.25, -0.2) is 4.98 Å². The predicted octanol–water partition coefficient (Wildman–Crippen LogP) is 1.69. The van der Waals surface area contributed by atoms with Gasteiger partial charge in [0.25, 0.3) is 11.8 Å². The van der Waals surface area contributed by atoms with Gasteiger partial charge in [-0.3, -0.25) is 20.4 Å². The van der Waals surface area contributed by atoms with Crippen molar-refractivity contribution in [3.8, 4) is 5.75 Å². The maximum absolute atomic E-state index is 12.2. The number of amides is 2. The van der Waals surface area contributed by atoms with Gasteiger partial charge in [0.05, 0.1) is 17.7 Å². The fraction of sp³-hybridized carbons (Fsp3) is 0.353. The Labute approximate surface area is 149 Å². The molecule has 132 valence electrons. The van der Waals surface area contributed by atoms with Crippen molar-refractivity contribution in [1.82, 2.24) is 21.2 Å². The van der Waals surface area contributed by atoms with Crippen molar-refractivity contribution in [2.75, 3.05) is 20.2 Å². The number of hydrazine groups is 1. The highest BCUT2D eigenvalue weighted by atomic mass is 32.1. The molecule has 1 aliphatic heterocycles. The third-order valence-electron chi connectivity index (χ3n) is 4.08. The molecular weight excluding hydrogens is 340 g/mol. The van der Waals surface area contributed by atoms with E-state index in [4.69, 9.17) is 4.74 Å². The largest absolute Gasteiger partial charge is 0.496 e. The first-order valence-electron chi connectivity index (χ1n) is 8.09. The summed E-state index contributed by atoms with van der Waals surface area (Å²) >= 11 is 1.49. The number of para-hydroxylation sites is 1. The fourth-order valence-electron chi connectivity index (χ4n) is 2.73. The second-order valence-electron chi connectivity index (χ2n) is 5.70. The summed E-state index contributed by atoms with van der Waals surface area (Å²) in [6.45, 7) is 1.95. The Kier molecular flexibility index (Phi) is 5.62. The van der Waals surface area contributed by atoms with Crippen molar-refractivity contribution in [2.24, 2.45) is 0 Å². The topological polar surface area (TPSA) is 92.4 Å². The summed E-state index contributed by atoms with van der Waals surface area (Å²) in [6, 6.07) is 6.80. The number of benzene rings is 1. The van der Waals surface area contributed by atoms with Crippen LogP contribution < -0.4 is 20.9 Å². The molecule has 1 aromatic heterocycles. The Morgan fingerprint density at radius 1 is 1.20 bits per heavy atom. The second-order valence-corrected chi connectivity index (χ2v) is 6.59. The van der Waals surface area contributed by atoms with E-state index in [-0.39, 0.29) is 0 Å². The number of rotatable bonds is 4. The lowest BCUT2D eigenvalue weighted by Crippen LogP contribution is -2.41. The van der Waals surface area contributed by atoms with E-state index in [0.717, 1.165) is 30.9 Å². The highest BCUT2D eigenvalue weighted by Gasteiger charge is 2.20. The van der Waals surface area contributed by atoms with E-state index in [1.807, 2.05) is 0 Å². The molecule has 0 spiro atoms. The monoisotopic (exact) mass is 360 g/mol. The summed E-state index contributed by atoms with van der Waals surface area (Å²) in [4.78, 5) is 28.8. The van der Waals surface area contributed by atoms with Crippen LogP contribution in [-0.2, 0) is 0 Å². The van der Waals surface area contributed by atoms with Crippen molar-refractivity contribution >= 4 is 23.2 Å². The number of hydrogen-bond donors (Lipinski definition) is 3. The lowest BCUT2D eigenvalue weighted by atomic mass is 9.99. The third kappa shape index (κ3) is 4.15. The molecule has 0 unspecified atom stereocenters. The van der Waals surface area contributed by atoms with E-state index in [1.54, 1.807) is 29.6 Å². The van der Waals surface area contributed by atoms with Crippen LogP contribution in [0.4, 0.5) is 0 Å². The maximum atomic E-state index is 12.2. The number of hydrogen-bond acceptors (Lipinski definition) is 6. The molecule has 8 heteroatoms. The van der Waals surface area contributed by atoms with E-state index in [2.05, 4.69) is 21.2 Å². The first-order chi connectivity index (χ1) is 12.2. The van der Waals surface area contributed by atoms with Gasteiger partial charge in [0, 0.05) is 11.3 Å². The quantitative estimate of drug-likeness (QED) is 0.722. The van der Waals surface area contributed by atoms with Gasteiger partial charge in [-0.2, -0.15) is 0 Å². The van der Waals surface area contributed by atoms with Crippen molar-refractivity contribution in [2.45, 2.75) is 18.8 Å². The molecule has 0 bridgehead atoms. The van der Waals surface area contributed by atoms with Crippen molar-refractivity contribution < 1.29 is 14.3 Å². The van der Waals surface area contributed by atoms with Gasteiger partial charge < -0.3 is 10.1 Å². The standard InChI is InChI=1S/C17H20N4O3S/c1-24-14-5-3-2-4-12(14)15(22)20-21-16(23)13-10-25-17(19-13)11-6-8-18-9-7-11/h2-5,10-11,18H,6-9H2,1H3,(H,20,22)(H,21,23). The number of ether oxygens (including phenoxy) is 1. The molecule has 1 aliphatic rings. The van der Waals surface area contributed by atoms with Crippen LogP contribution >= 0.6 is 11.3 Å². The van der Waals surface area contributed by atoms with E-state index in [1.165, 1.54) is 18.4 Å². The van der Waals surface area contributed by atoms with Crippen LogP contribution in [0.15, 0.2) is 29.6 Å². The molecule has 7 nitrogen and oxygen atoms in total. The zero-order valence-corrected chi connectivity index (χ0v) is 14.7. The normalized spacial score (nSPS) is 14.8. The minimum absolute atomic E-state index is 0.318. The number of aromatic nitrogens is 1. The molecule has 0 saturated carbocycles. The minimum atomic E-state index is -0.445. The molecule has 2 heterocycles. The fourth-order valence-corrected chi connectivity index (χ4v) is 3.70. The van der Waals surface area contributed by atoms with E-state index < -0.39 is 11.8 Å². The second kappa shape index (κ2) is 8.09. The van der Waals surface area contributed by atoms with Crippen molar-refractivity contribution in [3.05, 3.63) is 45.9 Å². The Morgan fingerprint density at radius 2 is 1.92 bits per heavy atom. The smallest absolute Gasteiger partial charge is 0.289 e. The highest BCUT2D eigenvalue weighted by Crippen LogP contribution is 2.27. The SMILES string of the molecule is COc1ccccc1C(=O)NNC(=O)c1csc(C2CCNCC2)n1. The molecule has 0 radical (unpaired) electrons. The summed E-state index contributed by atoms with van der Waals surface area (Å²) in [7, 11) is 1.49. The molecule has 2 amide bonds. The number of piperidine rings is 1. The average Bonchev–Trinajstić information content (AvgIpc) is 3.17. The Hall–Kier alpha value is -2.45. The van der Waals surface area contributed by atoms with Crippen LogP contribution in [0.2, 0.25) is 0 Å². The minimum Gasteiger partial charge on any atom is -0.496 e. The lowest BCUT2D eigenvalue weighted by molar-refractivity contribution is 0.0842. The van der Waals surface area contributed by atoms with Crippen LogP contribution in [0.5, 0.6) is 5.75 Å². The summed E-state index contributed by atoms with van der Waals surface area (Å²) in [6.07, 6.45) is 2.05. The first kappa shape index (κ1) is 17.4. The summed E-state index contributed by atoms with van der Waals surface area (Å²) in [5.74, 6) is -0.0358. The zero-order valence-electron chi connectivity index (χ0n) is 13.9. The number of methoxy groups -OCH3 is 1. The van der Waals surface area contributed by atoms with E-state index >= 15 is 0 Å². The van der Waals surface area contributed by atoms with Crippen LogP contribution in [0.3, 0.4) is 0 Å². The van der Waals surface area contributed by atoms with Crippen LogP contribution in [0.1, 0.15) is 44.6 Å². The van der Waals surface area contributed by atoms with Gasteiger partial charge in [0.15, 0.2) is 0 Å². The Morgan fingerprint density at radius 3 is 2.68 bits per heavy atom. The molecule has 2 aromatic rings. The van der Waals surface area contributed by atoms with Crippen LogP contribution in [0, 0.1) is 0 Å². The summed E-state index contributed by atoms with van der Waals surface area (Å²) in [5.41, 5.74) is 5.46. The Bertz CT molecular complexity index is 756. The van der Waals surface area contributed by atoms with Gasteiger partial charge in [-0.15, -0.1) is 11.3 Å². The molecule has 3 N–H and O–H groups in total. The number of nitrogens with one attached hydrogen (secondary N) is 3.